The second-order valence-corrected chi connectivity index (χ2v) is 8.99. The molecule has 2 atom stereocenters. The molecular weight excluding hydrogens is 512 g/mol. The molecule has 3 aliphatic rings. The minimum Gasteiger partial charge on any atom is -0.475 e. The summed E-state index contributed by atoms with van der Waals surface area (Å²) >= 11 is 0. The van der Waals surface area contributed by atoms with E-state index < -0.39 is 24.3 Å². The van der Waals surface area contributed by atoms with Gasteiger partial charge in [0.15, 0.2) is 0 Å². The molecule has 0 aromatic heterocycles. The van der Waals surface area contributed by atoms with Crippen molar-refractivity contribution in [1.29, 1.82) is 0 Å². The number of alkyl halides is 6. The highest BCUT2D eigenvalue weighted by molar-refractivity contribution is 5.82. The Kier molecular flexibility index (Phi) is 10.7. The van der Waals surface area contributed by atoms with E-state index in [2.05, 4.69) is 45.0 Å². The molecule has 37 heavy (non-hydrogen) atoms. The molecule has 2 N–H and O–H groups in total. The number of hydrogen-bond donors (Lipinski definition) is 2. The molecule has 0 bridgehead atoms. The molecule has 3 aliphatic heterocycles. The lowest BCUT2D eigenvalue weighted by Gasteiger charge is -2.24. The van der Waals surface area contributed by atoms with Crippen molar-refractivity contribution in [3.8, 4) is 0 Å². The predicted molar refractivity (Wildman–Crippen MR) is 118 cm³/mol. The molecule has 1 aromatic rings. The lowest BCUT2D eigenvalue weighted by Crippen LogP contribution is -2.37. The van der Waals surface area contributed by atoms with E-state index in [1.807, 2.05) is 0 Å². The molecule has 1 amide bonds. The number of carboxylic acids is 2. The average molecular weight is 541 g/mol. The maximum atomic E-state index is 12.7. The van der Waals surface area contributed by atoms with Crippen LogP contribution in [0.3, 0.4) is 0 Å². The molecule has 208 valence electrons. The number of amides is 1. The summed E-state index contributed by atoms with van der Waals surface area (Å²) in [6.07, 6.45) is -7.51. The molecule has 3 fully saturated rings. The summed E-state index contributed by atoms with van der Waals surface area (Å²) in [5.74, 6) is -4.31. The summed E-state index contributed by atoms with van der Waals surface area (Å²) in [5.41, 5.74) is 1.35. The Labute approximate surface area is 209 Å². The van der Waals surface area contributed by atoms with Crippen molar-refractivity contribution in [1.82, 2.24) is 14.7 Å². The van der Waals surface area contributed by atoms with E-state index in [0.29, 0.717) is 11.8 Å². The number of fused-ring (bicyclic) bond motifs is 1. The van der Waals surface area contributed by atoms with E-state index >= 15 is 0 Å². The van der Waals surface area contributed by atoms with Crippen molar-refractivity contribution in [3.05, 3.63) is 35.9 Å². The van der Waals surface area contributed by atoms with Gasteiger partial charge < -0.3 is 20.0 Å². The van der Waals surface area contributed by atoms with Gasteiger partial charge in [0.2, 0.25) is 5.91 Å². The second-order valence-electron chi connectivity index (χ2n) is 8.99. The molecule has 0 unspecified atom stereocenters. The third-order valence-electron chi connectivity index (χ3n) is 6.22. The van der Waals surface area contributed by atoms with Gasteiger partial charge in [-0.25, -0.2) is 9.59 Å². The Morgan fingerprint density at radius 3 is 1.78 bits per heavy atom. The van der Waals surface area contributed by atoms with Crippen LogP contribution in [0.2, 0.25) is 0 Å². The van der Waals surface area contributed by atoms with Crippen LogP contribution in [-0.2, 0) is 20.9 Å². The number of hydrogen-bond acceptors (Lipinski definition) is 5. The summed E-state index contributed by atoms with van der Waals surface area (Å²) in [6, 6.07) is 10.6. The van der Waals surface area contributed by atoms with Gasteiger partial charge in [-0.1, -0.05) is 30.3 Å². The SMILES string of the molecule is O=C(O)C(F)(F)F.O=C(O)C(F)(F)F.O=C1[C@H]2CN(Cc3ccccc3)C[C@H]2CN1CCN1CCCC1. The normalized spacial score (nSPS) is 22.1. The van der Waals surface area contributed by atoms with Crippen molar-refractivity contribution < 1.29 is 50.9 Å². The number of rotatable bonds is 5. The first-order chi connectivity index (χ1) is 17.2. The van der Waals surface area contributed by atoms with Crippen LogP contribution in [0.1, 0.15) is 18.4 Å². The van der Waals surface area contributed by atoms with Crippen LogP contribution >= 0.6 is 0 Å². The van der Waals surface area contributed by atoms with Gasteiger partial charge in [-0.15, -0.1) is 0 Å². The topological polar surface area (TPSA) is 101 Å². The minimum absolute atomic E-state index is 0.247. The van der Waals surface area contributed by atoms with Crippen molar-refractivity contribution in [2.75, 3.05) is 45.8 Å². The molecule has 1 aromatic carbocycles. The molecule has 0 spiro atoms. The molecular formula is C23H29F6N3O5. The van der Waals surface area contributed by atoms with Gasteiger partial charge in [0.25, 0.3) is 0 Å². The number of nitrogens with zero attached hydrogens (tertiary/aromatic N) is 3. The van der Waals surface area contributed by atoms with Gasteiger partial charge in [0.1, 0.15) is 0 Å². The summed E-state index contributed by atoms with van der Waals surface area (Å²) in [6.45, 7) is 8.42. The van der Waals surface area contributed by atoms with Crippen molar-refractivity contribution in [2.45, 2.75) is 31.7 Å². The number of carboxylic acid groups (broad SMARTS) is 2. The fourth-order valence-corrected chi connectivity index (χ4v) is 4.47. The summed E-state index contributed by atoms with van der Waals surface area (Å²) < 4.78 is 63.5. The van der Waals surface area contributed by atoms with E-state index in [0.717, 1.165) is 39.3 Å². The highest BCUT2D eigenvalue weighted by Crippen LogP contribution is 2.33. The first-order valence-corrected chi connectivity index (χ1v) is 11.6. The first kappa shape index (κ1) is 30.4. The molecule has 14 heteroatoms. The first-order valence-electron chi connectivity index (χ1n) is 11.6. The van der Waals surface area contributed by atoms with Crippen LogP contribution in [0.25, 0.3) is 0 Å². The van der Waals surface area contributed by atoms with Crippen molar-refractivity contribution in [3.63, 3.8) is 0 Å². The van der Waals surface area contributed by atoms with Crippen LogP contribution in [0.5, 0.6) is 0 Å². The monoisotopic (exact) mass is 541 g/mol. The van der Waals surface area contributed by atoms with E-state index in [1.165, 1.54) is 31.5 Å². The summed E-state index contributed by atoms with van der Waals surface area (Å²) in [5, 5.41) is 14.2. The number of halogens is 6. The lowest BCUT2D eigenvalue weighted by atomic mass is 10.0. The van der Waals surface area contributed by atoms with Crippen LogP contribution in [0, 0.1) is 11.8 Å². The Bertz CT molecular complexity index is 882. The zero-order valence-corrected chi connectivity index (χ0v) is 19.8. The van der Waals surface area contributed by atoms with E-state index in [9.17, 15) is 31.1 Å². The number of likely N-dealkylation sites (tertiary alicyclic amines) is 3. The van der Waals surface area contributed by atoms with Gasteiger partial charge in [-0.05, 0) is 31.5 Å². The van der Waals surface area contributed by atoms with Crippen LogP contribution in [0.4, 0.5) is 26.3 Å². The number of benzene rings is 1. The van der Waals surface area contributed by atoms with Crippen LogP contribution in [-0.4, -0.2) is 101 Å². The van der Waals surface area contributed by atoms with E-state index in [4.69, 9.17) is 19.8 Å². The Balaban J connectivity index is 0.000000286. The van der Waals surface area contributed by atoms with E-state index in [-0.39, 0.29) is 5.92 Å². The van der Waals surface area contributed by atoms with Crippen LogP contribution in [0.15, 0.2) is 30.3 Å². The predicted octanol–water partition coefficient (Wildman–Crippen LogP) is 2.94. The number of carbonyl (C=O) groups is 3. The Morgan fingerprint density at radius 2 is 1.32 bits per heavy atom. The zero-order valence-electron chi connectivity index (χ0n) is 19.8. The highest BCUT2D eigenvalue weighted by Gasteiger charge is 2.45. The number of aliphatic carboxylic acids is 2. The minimum atomic E-state index is -5.08. The van der Waals surface area contributed by atoms with Crippen LogP contribution < -0.4 is 0 Å². The van der Waals surface area contributed by atoms with Gasteiger partial charge >= 0.3 is 24.3 Å². The van der Waals surface area contributed by atoms with Crippen molar-refractivity contribution >= 4 is 17.8 Å². The second kappa shape index (κ2) is 13.1. The lowest BCUT2D eigenvalue weighted by molar-refractivity contribution is -0.193. The molecule has 0 radical (unpaired) electrons. The smallest absolute Gasteiger partial charge is 0.475 e. The standard InChI is InChI=1S/C19H27N3O.2C2HF3O2/c23-19-18-15-21(12-16-6-2-1-3-7-16)13-17(18)14-22(19)11-10-20-8-4-5-9-20;2*3-2(4,5)1(6)7/h1-3,6-7,17-18H,4-5,8-15H2;2*(H,6,7)/t17-,18-;;/m0../s1. The number of carbonyl (C=O) groups excluding carboxylic acids is 1. The fraction of sp³-hybridized carbons (Fsp3) is 0.609. The molecule has 0 aliphatic carbocycles. The summed E-state index contributed by atoms with van der Waals surface area (Å²) in [7, 11) is 0. The van der Waals surface area contributed by atoms with Gasteiger partial charge in [0, 0.05) is 45.2 Å². The third kappa shape index (κ3) is 9.84. The maximum absolute atomic E-state index is 12.7. The molecule has 3 heterocycles. The Morgan fingerprint density at radius 1 is 0.811 bits per heavy atom. The molecule has 8 nitrogen and oxygen atoms in total. The maximum Gasteiger partial charge on any atom is 0.490 e. The van der Waals surface area contributed by atoms with Gasteiger partial charge in [0.05, 0.1) is 5.92 Å². The van der Waals surface area contributed by atoms with Crippen molar-refractivity contribution in [2.24, 2.45) is 11.8 Å². The molecule has 4 rings (SSSR count). The Hall–Kier alpha value is -2.87. The highest BCUT2D eigenvalue weighted by atomic mass is 19.4. The molecule has 0 saturated carbocycles. The van der Waals surface area contributed by atoms with Gasteiger partial charge in [-0.2, -0.15) is 26.3 Å². The van der Waals surface area contributed by atoms with E-state index in [1.54, 1.807) is 0 Å². The fourth-order valence-electron chi connectivity index (χ4n) is 4.47. The largest absolute Gasteiger partial charge is 0.490 e. The zero-order chi connectivity index (χ0) is 27.8. The van der Waals surface area contributed by atoms with Gasteiger partial charge in [-0.3, -0.25) is 9.69 Å². The third-order valence-corrected chi connectivity index (χ3v) is 6.22. The average Bonchev–Trinajstić information content (AvgIpc) is 3.51. The summed E-state index contributed by atoms with van der Waals surface area (Å²) in [4.78, 5) is 37.6. The quantitative estimate of drug-likeness (QED) is 0.553. The molecule has 3 saturated heterocycles.